The monoisotopic (exact) mass is 298 g/mol. The van der Waals surface area contributed by atoms with Gasteiger partial charge in [-0.3, -0.25) is 4.79 Å². The summed E-state index contributed by atoms with van der Waals surface area (Å²) in [6.07, 6.45) is 0. The molecule has 0 heterocycles. The van der Waals surface area contributed by atoms with Crippen LogP contribution < -0.4 is 5.30 Å². The van der Waals surface area contributed by atoms with E-state index in [0.29, 0.717) is 10.6 Å². The van der Waals surface area contributed by atoms with Gasteiger partial charge in [0, 0.05) is 5.56 Å². The van der Waals surface area contributed by atoms with E-state index in [1.54, 1.807) is 6.07 Å². The molecule has 2 aromatic rings. The topological polar surface area (TPSA) is 17.1 Å². The molecule has 0 aliphatic heterocycles. The zero-order chi connectivity index (χ0) is 14.0. The van der Waals surface area contributed by atoms with Crippen molar-refractivity contribution in [2.24, 2.45) is 0 Å². The van der Waals surface area contributed by atoms with Gasteiger partial charge in [-0.1, -0.05) is 41.9 Å². The third kappa shape index (κ3) is 3.75. The van der Waals surface area contributed by atoms with Gasteiger partial charge in [0.25, 0.3) is 0 Å². The molecular weight excluding hydrogens is 282 g/mol. The summed E-state index contributed by atoms with van der Waals surface area (Å²) in [7, 11) is 0.123. The van der Waals surface area contributed by atoms with E-state index in [2.05, 4.69) is 0 Å². The molecule has 0 aromatic heterocycles. The van der Waals surface area contributed by atoms with E-state index < -0.39 is 0 Å². The molecule has 1 atom stereocenters. The van der Waals surface area contributed by atoms with Gasteiger partial charge in [0.05, 0.1) is 5.02 Å². The van der Waals surface area contributed by atoms with Crippen LogP contribution in [0, 0.1) is 20.8 Å². The van der Waals surface area contributed by atoms with Gasteiger partial charge in [-0.25, -0.2) is 0 Å². The first-order valence-electron chi connectivity index (χ1n) is 6.13. The first-order chi connectivity index (χ1) is 9.00. The zero-order valence-corrected chi connectivity index (χ0v) is 13.0. The molecule has 4 heteroatoms. The Hall–Kier alpha value is -0.573. The number of carbonyl (C=O) groups is 1. The van der Waals surface area contributed by atoms with E-state index >= 15 is 0 Å². The van der Waals surface area contributed by atoms with Crippen LogP contribution in [0.2, 0.25) is 5.02 Å². The fourth-order valence-electron chi connectivity index (χ4n) is 2.11. The van der Waals surface area contributed by atoms with E-state index in [-0.39, 0.29) is 33.0 Å². The van der Waals surface area contributed by atoms with Crippen molar-refractivity contribution >= 4 is 49.9 Å². The van der Waals surface area contributed by atoms with Crippen LogP contribution in [-0.4, -0.2) is 24.4 Å². The predicted molar refractivity (Wildman–Crippen MR) is 91.5 cm³/mol. The molecule has 1 unspecified atom stereocenters. The third-order valence-electron chi connectivity index (χ3n) is 3.17. The number of rotatable bonds is 3. The Labute approximate surface area is 139 Å². The number of carbonyl (C=O) groups excluding carboxylic acids is 1. The Bertz CT molecular complexity index is 600. The van der Waals surface area contributed by atoms with Crippen molar-refractivity contribution in [2.45, 2.75) is 20.8 Å². The summed E-state index contributed by atoms with van der Waals surface area (Å²) in [6.45, 7) is 6.01. The molecule has 0 N–H and O–H groups in total. The minimum atomic E-state index is 0. The maximum atomic E-state index is 12.5. The van der Waals surface area contributed by atoms with Crippen molar-refractivity contribution in [3.63, 3.8) is 0 Å². The van der Waals surface area contributed by atoms with E-state index in [0.717, 1.165) is 22.0 Å². The number of halogens is 1. The molecule has 1 nitrogen and oxygen atoms in total. The summed E-state index contributed by atoms with van der Waals surface area (Å²) in [5.74, 6) is 0. The number of hydrogen-bond donors (Lipinski definition) is 0. The summed E-state index contributed by atoms with van der Waals surface area (Å²) in [4.78, 5) is 12.5. The Kier molecular flexibility index (Phi) is 6.50. The number of aryl methyl sites for hydroxylation is 3. The number of benzene rings is 2. The molecule has 20 heavy (non-hydrogen) atoms. The van der Waals surface area contributed by atoms with Crippen LogP contribution in [0.1, 0.15) is 27.0 Å². The van der Waals surface area contributed by atoms with Gasteiger partial charge in [-0.15, -0.1) is 0 Å². The quantitative estimate of drug-likeness (QED) is 0.623. The fraction of sp³-hybridized carbons (Fsp3) is 0.188. The van der Waals surface area contributed by atoms with Crippen LogP contribution in [-0.2, 0) is 0 Å². The van der Waals surface area contributed by atoms with Crippen LogP contribution in [0.15, 0.2) is 36.4 Å². The molecule has 0 aliphatic rings. The van der Waals surface area contributed by atoms with Gasteiger partial charge >= 0.3 is 18.9 Å². The van der Waals surface area contributed by atoms with Crippen molar-refractivity contribution in [2.75, 3.05) is 0 Å². The van der Waals surface area contributed by atoms with Gasteiger partial charge in [0.15, 0.2) is 5.52 Å². The molecule has 0 aliphatic carbocycles. The Morgan fingerprint density at radius 3 is 2.00 bits per heavy atom. The average Bonchev–Trinajstić information content (AvgIpc) is 2.34. The van der Waals surface area contributed by atoms with Crippen LogP contribution >= 0.6 is 20.2 Å². The predicted octanol–water partition coefficient (Wildman–Crippen LogP) is 3.76. The van der Waals surface area contributed by atoms with Gasteiger partial charge in [0.1, 0.15) is 0 Å². The second-order valence-corrected chi connectivity index (χ2v) is 6.26. The average molecular weight is 299 g/mol. The van der Waals surface area contributed by atoms with Crippen LogP contribution in [0.5, 0.6) is 0 Å². The minimum absolute atomic E-state index is 0. The van der Waals surface area contributed by atoms with Crippen LogP contribution in [0.4, 0.5) is 0 Å². The summed E-state index contributed by atoms with van der Waals surface area (Å²) in [6, 6.07) is 11.7. The molecule has 0 bridgehead atoms. The van der Waals surface area contributed by atoms with Crippen molar-refractivity contribution in [1.29, 1.82) is 0 Å². The molecule has 0 radical (unpaired) electrons. The van der Waals surface area contributed by atoms with Crippen LogP contribution in [0.3, 0.4) is 0 Å². The first-order valence-corrected chi connectivity index (χ1v) is 7.51. The maximum absolute atomic E-state index is 12.5. The van der Waals surface area contributed by atoms with Gasteiger partial charge in [-0.05, 0) is 57.4 Å². The second-order valence-electron chi connectivity index (χ2n) is 4.65. The fourth-order valence-corrected chi connectivity index (χ4v) is 3.74. The normalized spacial score (nSPS) is 10.6. The summed E-state index contributed by atoms with van der Waals surface area (Å²) in [5, 5.41) is 1.68. The zero-order valence-electron chi connectivity index (χ0n) is 11.3. The summed E-state index contributed by atoms with van der Waals surface area (Å²) >= 11 is 6.15. The van der Waals surface area contributed by atoms with Crippen molar-refractivity contribution in [3.8, 4) is 0 Å². The SMILES string of the molecule is Cc1cccc(C)c1PC(=O)c1c(C)cccc1Cl.[LiH]. The van der Waals surface area contributed by atoms with E-state index in [4.69, 9.17) is 11.6 Å². The molecule has 0 saturated heterocycles. The summed E-state index contributed by atoms with van der Waals surface area (Å²) < 4.78 is 0. The summed E-state index contributed by atoms with van der Waals surface area (Å²) in [5.41, 5.74) is 4.04. The first kappa shape index (κ1) is 17.5. The van der Waals surface area contributed by atoms with Crippen molar-refractivity contribution in [3.05, 3.63) is 63.7 Å². The molecule has 0 fully saturated rings. The standard InChI is InChI=1S/C16H16ClOP.Li.H/c1-10-6-5-9-13(17)14(10)16(18)19-15-11(2)7-4-8-12(15)3;;/h4-9,19H,1-3H3;;. The van der Waals surface area contributed by atoms with E-state index in [1.807, 2.05) is 51.1 Å². The Balaban J connectivity index is 0.00000200. The molecular formula is C16H17ClLiOP. The Morgan fingerprint density at radius 1 is 0.950 bits per heavy atom. The molecule has 2 aromatic carbocycles. The van der Waals surface area contributed by atoms with E-state index in [9.17, 15) is 4.79 Å². The Morgan fingerprint density at radius 2 is 1.45 bits per heavy atom. The van der Waals surface area contributed by atoms with Gasteiger partial charge < -0.3 is 0 Å². The molecule has 2 rings (SSSR count). The molecule has 100 valence electrons. The molecule has 0 spiro atoms. The van der Waals surface area contributed by atoms with Crippen molar-refractivity contribution < 1.29 is 4.79 Å². The molecule has 0 saturated carbocycles. The van der Waals surface area contributed by atoms with Gasteiger partial charge in [0.2, 0.25) is 0 Å². The van der Waals surface area contributed by atoms with Crippen molar-refractivity contribution in [1.82, 2.24) is 0 Å². The number of hydrogen-bond acceptors (Lipinski definition) is 1. The van der Waals surface area contributed by atoms with Gasteiger partial charge in [-0.2, -0.15) is 0 Å². The molecule has 0 amide bonds. The van der Waals surface area contributed by atoms with E-state index in [1.165, 1.54) is 0 Å². The van der Waals surface area contributed by atoms with Crippen LogP contribution in [0.25, 0.3) is 0 Å². The third-order valence-corrected chi connectivity index (χ3v) is 5.00. The second kappa shape index (κ2) is 7.44.